The van der Waals surface area contributed by atoms with Crippen molar-refractivity contribution in [1.82, 2.24) is 15.1 Å². The van der Waals surface area contributed by atoms with Gasteiger partial charge in [-0.2, -0.15) is 13.2 Å². The molecule has 1 aliphatic heterocycles. The SMILES string of the molecule is CCNCCN(Cc1ccccc1C(F)(F)F)C(=O)CNc1cccc2c1CCN(CC1CC1)C2. The number of hydrogen-bond acceptors (Lipinski definition) is 4. The summed E-state index contributed by atoms with van der Waals surface area (Å²) < 4.78 is 40.5. The number of nitrogens with zero attached hydrogens (tertiary/aromatic N) is 2. The highest BCUT2D eigenvalue weighted by molar-refractivity contribution is 5.81. The van der Waals surface area contributed by atoms with Crippen LogP contribution in [0.3, 0.4) is 0 Å². The quantitative estimate of drug-likeness (QED) is 0.457. The molecule has 0 unspecified atom stereocenters. The molecule has 2 aliphatic rings. The van der Waals surface area contributed by atoms with Crippen LogP contribution in [0.1, 0.15) is 42.0 Å². The molecule has 1 aliphatic carbocycles. The predicted molar refractivity (Wildman–Crippen MR) is 132 cm³/mol. The average molecular weight is 489 g/mol. The number of nitrogens with one attached hydrogen (secondary N) is 2. The zero-order valence-electron chi connectivity index (χ0n) is 20.3. The van der Waals surface area contributed by atoms with Gasteiger partial charge in [-0.25, -0.2) is 0 Å². The molecule has 0 atom stereocenters. The highest BCUT2D eigenvalue weighted by atomic mass is 19.4. The second kappa shape index (κ2) is 11.4. The number of carbonyl (C=O) groups excluding carboxylic acids is 1. The molecular weight excluding hydrogens is 453 g/mol. The lowest BCUT2D eigenvalue weighted by atomic mass is 9.97. The molecule has 4 rings (SSSR count). The predicted octanol–water partition coefficient (Wildman–Crippen LogP) is 4.52. The second-order valence-corrected chi connectivity index (χ2v) is 9.55. The van der Waals surface area contributed by atoms with Crippen molar-refractivity contribution in [2.75, 3.05) is 44.6 Å². The fourth-order valence-corrected chi connectivity index (χ4v) is 4.76. The van der Waals surface area contributed by atoms with Crippen molar-refractivity contribution in [2.24, 2.45) is 5.92 Å². The van der Waals surface area contributed by atoms with Gasteiger partial charge in [0.05, 0.1) is 12.1 Å². The minimum absolute atomic E-state index is 0.0442. The molecule has 2 N–H and O–H groups in total. The van der Waals surface area contributed by atoms with Gasteiger partial charge in [-0.15, -0.1) is 0 Å². The van der Waals surface area contributed by atoms with Crippen LogP contribution in [0.5, 0.6) is 0 Å². The van der Waals surface area contributed by atoms with Gasteiger partial charge in [0, 0.05) is 45.0 Å². The van der Waals surface area contributed by atoms with Crippen molar-refractivity contribution >= 4 is 11.6 Å². The lowest BCUT2D eigenvalue weighted by Crippen LogP contribution is -2.40. The molecule has 0 aromatic heterocycles. The molecule has 190 valence electrons. The first-order valence-corrected chi connectivity index (χ1v) is 12.6. The van der Waals surface area contributed by atoms with Crippen LogP contribution in [0.15, 0.2) is 42.5 Å². The Labute approximate surface area is 205 Å². The number of hydrogen-bond donors (Lipinski definition) is 2. The van der Waals surface area contributed by atoms with Crippen LogP contribution in [0.2, 0.25) is 0 Å². The smallest absolute Gasteiger partial charge is 0.376 e. The fourth-order valence-electron chi connectivity index (χ4n) is 4.76. The maximum absolute atomic E-state index is 13.5. The third-order valence-electron chi connectivity index (χ3n) is 6.83. The van der Waals surface area contributed by atoms with E-state index in [0.717, 1.165) is 50.3 Å². The van der Waals surface area contributed by atoms with Crippen molar-refractivity contribution in [3.63, 3.8) is 0 Å². The molecule has 1 fully saturated rings. The molecule has 0 saturated heterocycles. The summed E-state index contributed by atoms with van der Waals surface area (Å²) in [7, 11) is 0. The lowest BCUT2D eigenvalue weighted by Gasteiger charge is -2.30. The number of carbonyl (C=O) groups is 1. The van der Waals surface area contributed by atoms with Crippen molar-refractivity contribution in [3.05, 3.63) is 64.7 Å². The van der Waals surface area contributed by atoms with Gasteiger partial charge in [-0.3, -0.25) is 9.69 Å². The van der Waals surface area contributed by atoms with Crippen LogP contribution >= 0.6 is 0 Å². The molecule has 35 heavy (non-hydrogen) atoms. The van der Waals surface area contributed by atoms with E-state index in [9.17, 15) is 18.0 Å². The summed E-state index contributed by atoms with van der Waals surface area (Å²) in [4.78, 5) is 17.2. The summed E-state index contributed by atoms with van der Waals surface area (Å²) in [6.45, 7) is 6.61. The van der Waals surface area contributed by atoms with E-state index in [1.165, 1.54) is 41.0 Å². The third-order valence-corrected chi connectivity index (χ3v) is 6.83. The molecule has 1 amide bonds. The van der Waals surface area contributed by atoms with Gasteiger partial charge in [0.25, 0.3) is 0 Å². The van der Waals surface area contributed by atoms with Crippen LogP contribution in [0.4, 0.5) is 18.9 Å². The van der Waals surface area contributed by atoms with Crippen molar-refractivity contribution in [1.29, 1.82) is 0 Å². The number of benzene rings is 2. The summed E-state index contributed by atoms with van der Waals surface area (Å²) in [5.74, 6) is 0.634. The molecule has 2 aromatic carbocycles. The van der Waals surface area contributed by atoms with Gasteiger partial charge in [0.2, 0.25) is 5.91 Å². The summed E-state index contributed by atoms with van der Waals surface area (Å²) in [6, 6.07) is 11.6. The molecule has 8 heteroatoms. The molecular formula is C27H35F3N4O. The van der Waals surface area contributed by atoms with E-state index >= 15 is 0 Å². The summed E-state index contributed by atoms with van der Waals surface area (Å²) >= 11 is 0. The van der Waals surface area contributed by atoms with Crippen LogP contribution in [0, 0.1) is 5.92 Å². The van der Waals surface area contributed by atoms with E-state index in [4.69, 9.17) is 0 Å². The molecule has 5 nitrogen and oxygen atoms in total. The first-order valence-electron chi connectivity index (χ1n) is 12.6. The summed E-state index contributed by atoms with van der Waals surface area (Å²) in [5.41, 5.74) is 2.90. The van der Waals surface area contributed by atoms with Gasteiger partial charge in [-0.05, 0) is 60.5 Å². The first kappa shape index (κ1) is 25.5. The van der Waals surface area contributed by atoms with Gasteiger partial charge in [-0.1, -0.05) is 37.3 Å². The number of amides is 1. The molecule has 1 saturated carbocycles. The molecule has 0 bridgehead atoms. The highest BCUT2D eigenvalue weighted by Gasteiger charge is 2.33. The van der Waals surface area contributed by atoms with Gasteiger partial charge >= 0.3 is 6.18 Å². The number of alkyl halides is 3. The topological polar surface area (TPSA) is 47.6 Å². The Bertz CT molecular complexity index is 1010. The van der Waals surface area contributed by atoms with Gasteiger partial charge < -0.3 is 15.5 Å². The molecule has 0 radical (unpaired) electrons. The van der Waals surface area contributed by atoms with E-state index in [-0.39, 0.29) is 24.6 Å². The van der Waals surface area contributed by atoms with Crippen molar-refractivity contribution in [2.45, 2.75) is 45.5 Å². The maximum Gasteiger partial charge on any atom is 0.416 e. The Hall–Kier alpha value is -2.58. The van der Waals surface area contributed by atoms with Gasteiger partial charge in [0.1, 0.15) is 0 Å². The monoisotopic (exact) mass is 488 g/mol. The van der Waals surface area contributed by atoms with Crippen LogP contribution in [-0.2, 0) is 30.5 Å². The Balaban J connectivity index is 1.42. The molecule has 1 heterocycles. The normalized spacial score (nSPS) is 16.1. The number of likely N-dealkylation sites (N-methyl/N-ethyl adjacent to an activating group) is 1. The van der Waals surface area contributed by atoms with E-state index in [0.29, 0.717) is 13.1 Å². The first-order chi connectivity index (χ1) is 16.8. The van der Waals surface area contributed by atoms with Crippen LogP contribution in [-0.4, -0.2) is 55.0 Å². The minimum Gasteiger partial charge on any atom is -0.376 e. The third kappa shape index (κ3) is 6.98. The lowest BCUT2D eigenvalue weighted by molar-refractivity contribution is -0.139. The van der Waals surface area contributed by atoms with E-state index in [1.54, 1.807) is 6.07 Å². The minimum atomic E-state index is -4.46. The number of fused-ring (bicyclic) bond motifs is 1. The maximum atomic E-state index is 13.5. The Morgan fingerprint density at radius 1 is 1.14 bits per heavy atom. The summed E-state index contributed by atoms with van der Waals surface area (Å²) in [6.07, 6.45) is -0.847. The van der Waals surface area contributed by atoms with E-state index in [1.807, 2.05) is 19.1 Å². The molecule has 2 aromatic rings. The second-order valence-electron chi connectivity index (χ2n) is 9.55. The number of rotatable bonds is 11. The fraction of sp³-hybridized carbons (Fsp3) is 0.519. The summed E-state index contributed by atoms with van der Waals surface area (Å²) in [5, 5.41) is 6.45. The Morgan fingerprint density at radius 3 is 2.69 bits per heavy atom. The van der Waals surface area contributed by atoms with Crippen LogP contribution < -0.4 is 10.6 Å². The Kier molecular flexibility index (Phi) is 8.34. The van der Waals surface area contributed by atoms with E-state index < -0.39 is 11.7 Å². The number of anilines is 1. The van der Waals surface area contributed by atoms with Gasteiger partial charge in [0.15, 0.2) is 0 Å². The highest BCUT2D eigenvalue weighted by Crippen LogP contribution is 2.34. The average Bonchev–Trinajstić information content (AvgIpc) is 3.65. The standard InChI is InChI=1S/C27H35F3N4O/c1-2-31-13-15-34(19-22-6-3-4-8-24(22)27(28,29)30)26(35)16-32-25-9-5-7-21-18-33(14-12-23(21)25)17-20-10-11-20/h3-9,20,31-32H,2,10-19H2,1H3. The van der Waals surface area contributed by atoms with Crippen molar-refractivity contribution in [3.8, 4) is 0 Å². The van der Waals surface area contributed by atoms with Crippen molar-refractivity contribution < 1.29 is 18.0 Å². The zero-order valence-corrected chi connectivity index (χ0v) is 20.3. The number of halogens is 3. The molecule has 0 spiro atoms. The largest absolute Gasteiger partial charge is 0.416 e. The van der Waals surface area contributed by atoms with Crippen LogP contribution in [0.25, 0.3) is 0 Å². The zero-order chi connectivity index (χ0) is 24.8. The Morgan fingerprint density at radius 2 is 1.94 bits per heavy atom. The van der Waals surface area contributed by atoms with E-state index in [2.05, 4.69) is 21.6 Å².